The number of nitrogens with one attached hydrogen (secondary N) is 1. The predicted octanol–water partition coefficient (Wildman–Crippen LogP) is 1.02. The van der Waals surface area contributed by atoms with E-state index in [-0.39, 0.29) is 0 Å². The maximum atomic E-state index is 3.46. The lowest BCUT2D eigenvalue weighted by Gasteiger charge is -2.18. The van der Waals surface area contributed by atoms with E-state index < -0.39 is 0 Å². The van der Waals surface area contributed by atoms with Crippen molar-refractivity contribution in [2.45, 2.75) is 18.9 Å². The van der Waals surface area contributed by atoms with E-state index in [9.17, 15) is 0 Å². The summed E-state index contributed by atoms with van der Waals surface area (Å²) in [5, 5.41) is 3.46. The third-order valence-electron chi connectivity index (χ3n) is 2.54. The Labute approximate surface area is 75.8 Å². The Morgan fingerprint density at radius 3 is 3.30 bits per heavy atom. The molecule has 58 valence electrons. The lowest BCUT2D eigenvalue weighted by molar-refractivity contribution is 0.421. The van der Waals surface area contributed by atoms with E-state index in [4.69, 9.17) is 0 Å². The van der Waals surface area contributed by atoms with Gasteiger partial charge in [-0.05, 0) is 25.3 Å². The van der Waals surface area contributed by atoms with Gasteiger partial charge in [0, 0.05) is 42.0 Å². The molecule has 10 heavy (non-hydrogen) atoms. The van der Waals surface area contributed by atoms with Crippen LogP contribution in [0, 0.1) is 5.92 Å². The highest BCUT2D eigenvalue weighted by Crippen LogP contribution is 2.29. The summed E-state index contributed by atoms with van der Waals surface area (Å²) in [7, 11) is 0. The van der Waals surface area contributed by atoms with Crippen molar-refractivity contribution in [2.75, 3.05) is 19.6 Å². The number of halogens is 1. The highest BCUT2D eigenvalue weighted by Gasteiger charge is 2.31. The zero-order valence-electron chi connectivity index (χ0n) is 6.02. The molecule has 0 aromatic carbocycles. The van der Waals surface area contributed by atoms with Crippen LogP contribution in [0.4, 0.5) is 0 Å². The maximum absolute atomic E-state index is 3.46. The maximum Gasteiger partial charge on any atom is 0.0322 e. The summed E-state index contributed by atoms with van der Waals surface area (Å²) >= 11 is 2.46. The number of hydrogen-bond donors (Lipinski definition) is 1. The Kier molecular flexibility index (Phi) is 2.15. The first-order valence-corrected chi connectivity index (χ1v) is 4.96. The topological polar surface area (TPSA) is 15.3 Å². The van der Waals surface area contributed by atoms with Crippen LogP contribution < -0.4 is 5.32 Å². The summed E-state index contributed by atoms with van der Waals surface area (Å²) in [5.74, 6) is 0.983. The fraction of sp³-hybridized carbons (Fsp3) is 1.00. The second kappa shape index (κ2) is 2.95. The minimum atomic E-state index is 0.827. The molecule has 0 aromatic rings. The van der Waals surface area contributed by atoms with E-state index >= 15 is 0 Å². The average Bonchev–Trinajstić information content (AvgIpc) is 2.18. The van der Waals surface area contributed by atoms with Gasteiger partial charge in [-0.25, -0.2) is 3.11 Å². The van der Waals surface area contributed by atoms with Crippen LogP contribution in [0.15, 0.2) is 0 Å². The molecule has 0 radical (unpaired) electrons. The van der Waals surface area contributed by atoms with Gasteiger partial charge in [0.25, 0.3) is 0 Å². The van der Waals surface area contributed by atoms with Gasteiger partial charge in [0.15, 0.2) is 0 Å². The molecule has 0 amide bonds. The van der Waals surface area contributed by atoms with Crippen molar-refractivity contribution in [1.82, 2.24) is 8.43 Å². The van der Waals surface area contributed by atoms with Crippen LogP contribution in [0.1, 0.15) is 12.8 Å². The first kappa shape index (κ1) is 7.31. The first-order valence-electron chi connectivity index (χ1n) is 3.99. The fourth-order valence-electron chi connectivity index (χ4n) is 1.94. The fourth-order valence-corrected chi connectivity index (χ4v) is 2.92. The van der Waals surface area contributed by atoms with Crippen molar-refractivity contribution in [2.24, 2.45) is 5.92 Å². The number of rotatable bonds is 0. The van der Waals surface area contributed by atoms with Crippen molar-refractivity contribution in [3.63, 3.8) is 0 Å². The van der Waals surface area contributed by atoms with Crippen molar-refractivity contribution in [1.29, 1.82) is 0 Å². The number of fused-ring (bicyclic) bond motifs is 2. The van der Waals surface area contributed by atoms with Gasteiger partial charge in [0.05, 0.1) is 0 Å². The molecule has 2 fully saturated rings. The molecule has 0 aromatic heterocycles. The molecule has 2 saturated heterocycles. The Morgan fingerprint density at radius 2 is 2.40 bits per heavy atom. The number of nitrogens with zero attached hydrogens (tertiary/aromatic N) is 1. The van der Waals surface area contributed by atoms with Crippen LogP contribution in [-0.4, -0.2) is 28.8 Å². The molecule has 2 rings (SSSR count). The molecule has 3 heteroatoms. The van der Waals surface area contributed by atoms with Gasteiger partial charge in [-0.2, -0.15) is 0 Å². The summed E-state index contributed by atoms with van der Waals surface area (Å²) in [6.07, 6.45) is 2.81. The lowest BCUT2D eigenvalue weighted by atomic mass is 10.0. The lowest BCUT2D eigenvalue weighted by Crippen LogP contribution is -2.33. The Bertz CT molecular complexity index is 129. The molecule has 2 aliphatic rings. The smallest absolute Gasteiger partial charge is 0.0322 e. The van der Waals surface area contributed by atoms with Gasteiger partial charge in [-0.15, -0.1) is 0 Å². The number of hydrogen-bond acceptors (Lipinski definition) is 2. The van der Waals surface area contributed by atoms with Crippen molar-refractivity contribution >= 4 is 22.9 Å². The second-order valence-corrected chi connectivity index (χ2v) is 4.57. The zero-order chi connectivity index (χ0) is 6.97. The van der Waals surface area contributed by atoms with Crippen LogP contribution in [0.25, 0.3) is 0 Å². The molecule has 0 saturated carbocycles. The van der Waals surface area contributed by atoms with E-state index in [1.807, 2.05) is 0 Å². The van der Waals surface area contributed by atoms with Gasteiger partial charge in [0.1, 0.15) is 0 Å². The summed E-state index contributed by atoms with van der Waals surface area (Å²) in [6, 6.07) is 0.827. The molecule has 2 aliphatic heterocycles. The summed E-state index contributed by atoms with van der Waals surface area (Å²) in [5.41, 5.74) is 0. The highest BCUT2D eigenvalue weighted by molar-refractivity contribution is 14.1. The van der Waals surface area contributed by atoms with E-state index in [1.165, 1.54) is 32.5 Å². The van der Waals surface area contributed by atoms with Crippen LogP contribution in [0.3, 0.4) is 0 Å². The minimum absolute atomic E-state index is 0.827. The van der Waals surface area contributed by atoms with E-state index in [2.05, 4.69) is 31.3 Å². The molecule has 2 nitrogen and oxygen atoms in total. The molecule has 2 bridgehead atoms. The Morgan fingerprint density at radius 1 is 1.50 bits per heavy atom. The third-order valence-corrected chi connectivity index (χ3v) is 3.73. The van der Waals surface area contributed by atoms with Crippen molar-refractivity contribution < 1.29 is 0 Å². The Hall–Kier alpha value is 0.650. The zero-order valence-corrected chi connectivity index (χ0v) is 8.17. The molecule has 2 unspecified atom stereocenters. The summed E-state index contributed by atoms with van der Waals surface area (Å²) in [6.45, 7) is 3.78. The SMILES string of the molecule is IN1CC2CCNCC1C2. The normalized spacial score (nSPS) is 41.7. The van der Waals surface area contributed by atoms with Gasteiger partial charge in [-0.3, -0.25) is 0 Å². The van der Waals surface area contributed by atoms with Crippen molar-refractivity contribution in [3.05, 3.63) is 0 Å². The average molecular weight is 252 g/mol. The van der Waals surface area contributed by atoms with E-state index in [0.717, 1.165) is 12.0 Å². The van der Waals surface area contributed by atoms with Gasteiger partial charge < -0.3 is 5.32 Å². The molecule has 0 aliphatic carbocycles. The third kappa shape index (κ3) is 1.31. The summed E-state index contributed by atoms with van der Waals surface area (Å²) in [4.78, 5) is 0. The monoisotopic (exact) mass is 252 g/mol. The van der Waals surface area contributed by atoms with Gasteiger partial charge in [-0.1, -0.05) is 0 Å². The minimum Gasteiger partial charge on any atom is -0.315 e. The second-order valence-electron chi connectivity index (χ2n) is 3.33. The van der Waals surface area contributed by atoms with Gasteiger partial charge >= 0.3 is 0 Å². The van der Waals surface area contributed by atoms with Crippen LogP contribution in [0.2, 0.25) is 0 Å². The standard InChI is InChI=1S/C7H13IN2/c8-10-5-6-1-2-9-4-7(10)3-6/h6-7,9H,1-5H2. The largest absolute Gasteiger partial charge is 0.315 e. The Balaban J connectivity index is 2.03. The molecular formula is C7H13IN2. The van der Waals surface area contributed by atoms with Crippen LogP contribution in [0.5, 0.6) is 0 Å². The highest BCUT2D eigenvalue weighted by atomic mass is 127. The molecule has 2 heterocycles. The van der Waals surface area contributed by atoms with Gasteiger partial charge in [0.2, 0.25) is 0 Å². The van der Waals surface area contributed by atoms with Crippen molar-refractivity contribution in [3.8, 4) is 0 Å². The van der Waals surface area contributed by atoms with Crippen LogP contribution >= 0.6 is 22.9 Å². The summed E-state index contributed by atoms with van der Waals surface area (Å²) < 4.78 is 2.47. The van der Waals surface area contributed by atoms with E-state index in [0.29, 0.717) is 0 Å². The first-order chi connectivity index (χ1) is 4.86. The van der Waals surface area contributed by atoms with Crippen LogP contribution in [-0.2, 0) is 0 Å². The van der Waals surface area contributed by atoms with E-state index in [1.54, 1.807) is 0 Å². The molecule has 2 atom stereocenters. The molecular weight excluding hydrogens is 239 g/mol. The quantitative estimate of drug-likeness (QED) is 0.511. The predicted molar refractivity (Wildman–Crippen MR) is 50.1 cm³/mol. The molecule has 1 N–H and O–H groups in total. The molecule has 0 spiro atoms.